The SMILES string of the molecule is CCN(CC)CCNCC(C)Oc1ccccc1OC. The number of nitrogens with zero attached hydrogens (tertiary/aromatic N) is 1. The second-order valence-electron chi connectivity index (χ2n) is 4.81. The lowest BCUT2D eigenvalue weighted by Crippen LogP contribution is -2.36. The zero-order chi connectivity index (χ0) is 14.8. The van der Waals surface area contributed by atoms with Gasteiger partial charge in [-0.1, -0.05) is 26.0 Å². The molecule has 0 spiro atoms. The zero-order valence-electron chi connectivity index (χ0n) is 13.2. The van der Waals surface area contributed by atoms with Gasteiger partial charge in [-0.25, -0.2) is 0 Å². The van der Waals surface area contributed by atoms with Crippen molar-refractivity contribution >= 4 is 0 Å². The Bertz CT molecular complexity index is 367. The van der Waals surface area contributed by atoms with Gasteiger partial charge < -0.3 is 19.7 Å². The summed E-state index contributed by atoms with van der Waals surface area (Å²) in [5.41, 5.74) is 0. The predicted octanol–water partition coefficient (Wildman–Crippen LogP) is 2.39. The third-order valence-electron chi connectivity index (χ3n) is 3.33. The Kier molecular flexibility index (Phi) is 8.07. The average molecular weight is 280 g/mol. The number of ether oxygens (including phenoxy) is 2. The van der Waals surface area contributed by atoms with E-state index in [1.165, 1.54) is 0 Å². The summed E-state index contributed by atoms with van der Waals surface area (Å²) in [6.07, 6.45) is 0.114. The van der Waals surface area contributed by atoms with E-state index in [1.54, 1.807) is 7.11 Å². The van der Waals surface area contributed by atoms with E-state index in [0.29, 0.717) is 0 Å². The van der Waals surface area contributed by atoms with Crippen LogP contribution in [0.15, 0.2) is 24.3 Å². The molecule has 1 aromatic rings. The predicted molar refractivity (Wildman–Crippen MR) is 83.7 cm³/mol. The quantitative estimate of drug-likeness (QED) is 0.667. The Balaban J connectivity index is 2.28. The molecule has 20 heavy (non-hydrogen) atoms. The Morgan fingerprint density at radius 2 is 1.80 bits per heavy atom. The van der Waals surface area contributed by atoms with Crippen molar-refractivity contribution in [3.05, 3.63) is 24.3 Å². The number of para-hydroxylation sites is 2. The van der Waals surface area contributed by atoms with Crippen LogP contribution in [0.25, 0.3) is 0 Å². The van der Waals surface area contributed by atoms with Gasteiger partial charge in [0.15, 0.2) is 11.5 Å². The van der Waals surface area contributed by atoms with Crippen LogP contribution in [0.3, 0.4) is 0 Å². The normalized spacial score (nSPS) is 12.4. The summed E-state index contributed by atoms with van der Waals surface area (Å²) < 4.78 is 11.2. The van der Waals surface area contributed by atoms with Crippen LogP contribution in [-0.2, 0) is 0 Å². The van der Waals surface area contributed by atoms with Crippen LogP contribution < -0.4 is 14.8 Å². The second kappa shape index (κ2) is 9.61. The molecule has 0 fully saturated rings. The van der Waals surface area contributed by atoms with E-state index in [-0.39, 0.29) is 6.10 Å². The fourth-order valence-corrected chi connectivity index (χ4v) is 2.06. The third kappa shape index (κ3) is 5.80. The molecule has 0 heterocycles. The Morgan fingerprint density at radius 1 is 1.15 bits per heavy atom. The molecule has 1 aromatic carbocycles. The van der Waals surface area contributed by atoms with Crippen LogP contribution in [0.5, 0.6) is 11.5 Å². The van der Waals surface area contributed by atoms with Crippen LogP contribution in [0, 0.1) is 0 Å². The number of nitrogens with one attached hydrogen (secondary N) is 1. The first-order chi connectivity index (χ1) is 9.71. The lowest BCUT2D eigenvalue weighted by Gasteiger charge is -2.20. The molecule has 0 aliphatic heterocycles. The second-order valence-corrected chi connectivity index (χ2v) is 4.81. The summed E-state index contributed by atoms with van der Waals surface area (Å²) in [5.74, 6) is 1.58. The van der Waals surface area contributed by atoms with E-state index in [4.69, 9.17) is 9.47 Å². The molecular formula is C16H28N2O2. The number of hydrogen-bond donors (Lipinski definition) is 1. The number of methoxy groups -OCH3 is 1. The molecule has 0 bridgehead atoms. The average Bonchev–Trinajstić information content (AvgIpc) is 2.48. The number of rotatable bonds is 10. The maximum atomic E-state index is 5.89. The first-order valence-electron chi connectivity index (χ1n) is 7.44. The van der Waals surface area contributed by atoms with E-state index in [1.807, 2.05) is 24.3 Å². The molecule has 114 valence electrons. The van der Waals surface area contributed by atoms with Gasteiger partial charge in [-0.2, -0.15) is 0 Å². The minimum atomic E-state index is 0.114. The molecule has 0 saturated heterocycles. The summed E-state index contributed by atoms with van der Waals surface area (Å²) in [6, 6.07) is 7.75. The molecule has 0 aromatic heterocycles. The topological polar surface area (TPSA) is 33.7 Å². The van der Waals surface area contributed by atoms with Crippen molar-refractivity contribution in [2.75, 3.05) is 39.8 Å². The summed E-state index contributed by atoms with van der Waals surface area (Å²) in [7, 11) is 1.66. The maximum Gasteiger partial charge on any atom is 0.161 e. The van der Waals surface area contributed by atoms with E-state index < -0.39 is 0 Å². The number of hydrogen-bond acceptors (Lipinski definition) is 4. The van der Waals surface area contributed by atoms with Gasteiger partial charge in [0.2, 0.25) is 0 Å². The van der Waals surface area contributed by atoms with Gasteiger partial charge in [-0.3, -0.25) is 0 Å². The van der Waals surface area contributed by atoms with Crippen molar-refractivity contribution in [3.63, 3.8) is 0 Å². The molecule has 1 atom stereocenters. The zero-order valence-corrected chi connectivity index (χ0v) is 13.2. The van der Waals surface area contributed by atoms with Crippen LogP contribution in [0.1, 0.15) is 20.8 Å². The fourth-order valence-electron chi connectivity index (χ4n) is 2.06. The molecule has 0 amide bonds. The Hall–Kier alpha value is -1.26. The van der Waals surface area contributed by atoms with Crippen LogP contribution in [0.2, 0.25) is 0 Å². The maximum absolute atomic E-state index is 5.89. The summed E-state index contributed by atoms with van der Waals surface area (Å²) in [6.45, 7) is 11.6. The van der Waals surface area contributed by atoms with Crippen molar-refractivity contribution in [2.45, 2.75) is 26.9 Å². The van der Waals surface area contributed by atoms with Crippen molar-refractivity contribution in [1.29, 1.82) is 0 Å². The van der Waals surface area contributed by atoms with E-state index in [2.05, 4.69) is 31.0 Å². The molecule has 0 radical (unpaired) electrons. The largest absolute Gasteiger partial charge is 0.493 e. The molecule has 0 saturated carbocycles. The Labute approximate surface area is 123 Å². The lowest BCUT2D eigenvalue weighted by atomic mass is 10.3. The van der Waals surface area contributed by atoms with Gasteiger partial charge in [0.05, 0.1) is 7.11 Å². The molecule has 4 nitrogen and oxygen atoms in total. The van der Waals surface area contributed by atoms with Crippen LogP contribution in [0.4, 0.5) is 0 Å². The van der Waals surface area contributed by atoms with Crippen LogP contribution in [-0.4, -0.2) is 50.8 Å². The molecule has 1 unspecified atom stereocenters. The van der Waals surface area contributed by atoms with Crippen molar-refractivity contribution in [2.24, 2.45) is 0 Å². The van der Waals surface area contributed by atoms with Crippen molar-refractivity contribution < 1.29 is 9.47 Å². The molecular weight excluding hydrogens is 252 g/mol. The minimum absolute atomic E-state index is 0.114. The molecule has 0 aliphatic rings. The van der Waals surface area contributed by atoms with Gasteiger partial charge in [0.1, 0.15) is 6.10 Å². The van der Waals surface area contributed by atoms with E-state index in [0.717, 1.165) is 44.2 Å². The molecule has 0 aliphatic carbocycles. The highest BCUT2D eigenvalue weighted by Gasteiger charge is 2.08. The highest BCUT2D eigenvalue weighted by molar-refractivity contribution is 5.39. The number of likely N-dealkylation sites (N-methyl/N-ethyl adjacent to an activating group) is 1. The van der Waals surface area contributed by atoms with Gasteiger partial charge >= 0.3 is 0 Å². The lowest BCUT2D eigenvalue weighted by molar-refractivity contribution is 0.204. The molecule has 1 rings (SSSR count). The van der Waals surface area contributed by atoms with Crippen molar-refractivity contribution in [1.82, 2.24) is 10.2 Å². The highest BCUT2D eigenvalue weighted by atomic mass is 16.5. The smallest absolute Gasteiger partial charge is 0.161 e. The van der Waals surface area contributed by atoms with Crippen molar-refractivity contribution in [3.8, 4) is 11.5 Å². The summed E-state index contributed by atoms with van der Waals surface area (Å²) in [4.78, 5) is 2.40. The summed E-state index contributed by atoms with van der Waals surface area (Å²) in [5, 5.41) is 3.43. The standard InChI is InChI=1S/C16H28N2O2/c1-5-18(6-2)12-11-17-13-14(3)20-16-10-8-7-9-15(16)19-4/h7-10,14,17H,5-6,11-13H2,1-4H3. The monoisotopic (exact) mass is 280 g/mol. The first kappa shape index (κ1) is 16.8. The Morgan fingerprint density at radius 3 is 2.40 bits per heavy atom. The molecule has 4 heteroatoms. The van der Waals surface area contributed by atoms with Gasteiger partial charge in [0, 0.05) is 19.6 Å². The van der Waals surface area contributed by atoms with Gasteiger partial charge in [-0.15, -0.1) is 0 Å². The number of benzene rings is 1. The van der Waals surface area contributed by atoms with Gasteiger partial charge in [0.25, 0.3) is 0 Å². The van der Waals surface area contributed by atoms with E-state index in [9.17, 15) is 0 Å². The first-order valence-corrected chi connectivity index (χ1v) is 7.44. The van der Waals surface area contributed by atoms with Gasteiger partial charge in [-0.05, 0) is 32.1 Å². The van der Waals surface area contributed by atoms with E-state index >= 15 is 0 Å². The van der Waals surface area contributed by atoms with Crippen LogP contribution >= 0.6 is 0 Å². The fraction of sp³-hybridized carbons (Fsp3) is 0.625. The summed E-state index contributed by atoms with van der Waals surface area (Å²) >= 11 is 0. The molecule has 1 N–H and O–H groups in total. The highest BCUT2D eigenvalue weighted by Crippen LogP contribution is 2.26. The third-order valence-corrected chi connectivity index (χ3v) is 3.33. The minimum Gasteiger partial charge on any atom is -0.493 e.